The van der Waals surface area contributed by atoms with E-state index in [-0.39, 0.29) is 29.7 Å². The van der Waals surface area contributed by atoms with Crippen molar-refractivity contribution in [2.24, 2.45) is 0 Å². The average Bonchev–Trinajstić information content (AvgIpc) is 2.78. The molecule has 0 atom stereocenters. The number of methoxy groups -OCH3 is 4. The molecule has 1 aliphatic heterocycles. The van der Waals surface area contributed by atoms with Crippen LogP contribution in [-0.4, -0.2) is 77.3 Å². The molecule has 2 aromatic rings. The Hall–Kier alpha value is -2.79. The van der Waals surface area contributed by atoms with Crippen molar-refractivity contribution in [3.05, 3.63) is 24.3 Å². The largest absolute Gasteiger partial charge is 0.497 e. The van der Waals surface area contributed by atoms with Gasteiger partial charge in [-0.2, -0.15) is 14.3 Å². The molecule has 0 aliphatic carbocycles. The molecule has 158 valence electrons. The lowest BCUT2D eigenvalue weighted by Gasteiger charge is -2.34. The van der Waals surface area contributed by atoms with Crippen LogP contribution in [0.15, 0.2) is 29.2 Å². The van der Waals surface area contributed by atoms with E-state index in [0.29, 0.717) is 30.5 Å². The predicted octanol–water partition coefficient (Wildman–Crippen LogP) is 1.02. The third-order valence-electron chi connectivity index (χ3n) is 4.61. The Balaban J connectivity index is 1.80. The molecule has 0 N–H and O–H groups in total. The van der Waals surface area contributed by atoms with E-state index in [9.17, 15) is 8.42 Å². The minimum absolute atomic E-state index is 0.0816. The zero-order valence-corrected chi connectivity index (χ0v) is 17.6. The van der Waals surface area contributed by atoms with Crippen molar-refractivity contribution in [3.63, 3.8) is 0 Å². The summed E-state index contributed by atoms with van der Waals surface area (Å²) in [5.41, 5.74) is 0. The third kappa shape index (κ3) is 4.30. The molecule has 1 fully saturated rings. The molecule has 3 rings (SSSR count). The molecule has 1 aromatic carbocycles. The first-order valence-corrected chi connectivity index (χ1v) is 10.3. The molecule has 0 amide bonds. The van der Waals surface area contributed by atoms with Crippen LogP contribution < -0.4 is 23.8 Å². The maximum Gasteiger partial charge on any atom is 0.321 e. The minimum atomic E-state index is -3.75. The molecule has 1 saturated heterocycles. The Morgan fingerprint density at radius 3 is 2.17 bits per heavy atom. The van der Waals surface area contributed by atoms with Gasteiger partial charge in [0.25, 0.3) is 0 Å². The summed E-state index contributed by atoms with van der Waals surface area (Å²) in [5.74, 6) is 1.72. The van der Waals surface area contributed by atoms with Crippen molar-refractivity contribution in [1.82, 2.24) is 14.3 Å². The van der Waals surface area contributed by atoms with E-state index in [1.54, 1.807) is 18.2 Å². The van der Waals surface area contributed by atoms with Crippen molar-refractivity contribution >= 4 is 15.8 Å². The van der Waals surface area contributed by atoms with Crippen molar-refractivity contribution < 1.29 is 27.4 Å². The van der Waals surface area contributed by atoms with Crippen LogP contribution in [0.1, 0.15) is 0 Å². The summed E-state index contributed by atoms with van der Waals surface area (Å²) in [5, 5.41) is 0. The lowest BCUT2D eigenvalue weighted by atomic mass is 10.3. The smallest absolute Gasteiger partial charge is 0.321 e. The minimum Gasteiger partial charge on any atom is -0.497 e. The fourth-order valence-electron chi connectivity index (χ4n) is 3.03. The second-order valence-electron chi connectivity index (χ2n) is 6.16. The van der Waals surface area contributed by atoms with Crippen molar-refractivity contribution in [3.8, 4) is 23.4 Å². The second kappa shape index (κ2) is 8.70. The summed E-state index contributed by atoms with van der Waals surface area (Å²) in [6.07, 6.45) is 0. The predicted molar refractivity (Wildman–Crippen MR) is 106 cm³/mol. The lowest BCUT2D eigenvalue weighted by molar-refractivity contribution is 0.348. The van der Waals surface area contributed by atoms with Gasteiger partial charge in [0.2, 0.25) is 15.9 Å². The Kier molecular flexibility index (Phi) is 6.28. The van der Waals surface area contributed by atoms with Crippen LogP contribution >= 0.6 is 0 Å². The molecule has 11 heteroatoms. The number of benzene rings is 1. The average molecular weight is 424 g/mol. The fourth-order valence-corrected chi connectivity index (χ4v) is 4.63. The first-order chi connectivity index (χ1) is 13.9. The SMILES string of the molecule is COc1ccc(OC)c(S(=O)(=O)N2CCN(c3cc(OC)nc(OC)n3)CC2)c1. The van der Waals surface area contributed by atoms with E-state index in [2.05, 4.69) is 9.97 Å². The van der Waals surface area contributed by atoms with Crippen LogP contribution in [0.4, 0.5) is 5.82 Å². The van der Waals surface area contributed by atoms with E-state index < -0.39 is 10.0 Å². The van der Waals surface area contributed by atoms with Crippen LogP contribution in [0, 0.1) is 0 Å². The number of ether oxygens (including phenoxy) is 4. The third-order valence-corrected chi connectivity index (χ3v) is 6.53. The molecule has 1 aromatic heterocycles. The number of anilines is 1. The molecule has 0 saturated carbocycles. The first-order valence-electron chi connectivity index (χ1n) is 8.87. The summed E-state index contributed by atoms with van der Waals surface area (Å²) >= 11 is 0. The second-order valence-corrected chi connectivity index (χ2v) is 8.07. The van der Waals surface area contributed by atoms with Gasteiger partial charge in [-0.15, -0.1) is 0 Å². The van der Waals surface area contributed by atoms with Crippen LogP contribution in [0.25, 0.3) is 0 Å². The number of sulfonamides is 1. The highest BCUT2D eigenvalue weighted by atomic mass is 32.2. The number of aromatic nitrogens is 2. The van der Waals surface area contributed by atoms with E-state index in [0.717, 1.165) is 0 Å². The lowest BCUT2D eigenvalue weighted by Crippen LogP contribution is -2.49. The van der Waals surface area contributed by atoms with E-state index >= 15 is 0 Å². The highest BCUT2D eigenvalue weighted by Crippen LogP contribution is 2.31. The van der Waals surface area contributed by atoms with Gasteiger partial charge >= 0.3 is 6.01 Å². The summed E-state index contributed by atoms with van der Waals surface area (Å²) in [7, 11) is 2.17. The molecule has 2 heterocycles. The number of rotatable bonds is 7. The van der Waals surface area contributed by atoms with Gasteiger partial charge in [0.1, 0.15) is 22.2 Å². The standard InChI is InChI=1S/C18H24N4O6S/c1-25-13-5-6-14(26-2)15(11-13)29(23,24)22-9-7-21(8-10-22)16-12-17(27-3)20-18(19-16)28-4/h5-6,11-12H,7-10H2,1-4H3. The molecule has 0 spiro atoms. The summed E-state index contributed by atoms with van der Waals surface area (Å²) in [6, 6.07) is 6.60. The maximum absolute atomic E-state index is 13.2. The number of hydrogen-bond acceptors (Lipinski definition) is 9. The molecule has 10 nitrogen and oxygen atoms in total. The quantitative estimate of drug-likeness (QED) is 0.644. The van der Waals surface area contributed by atoms with Crippen LogP contribution in [0.3, 0.4) is 0 Å². The molecule has 1 aliphatic rings. The monoisotopic (exact) mass is 424 g/mol. The van der Waals surface area contributed by atoms with Gasteiger partial charge in [0.05, 0.1) is 28.4 Å². The Morgan fingerprint density at radius 1 is 0.862 bits per heavy atom. The Labute approximate surface area is 170 Å². The zero-order chi connectivity index (χ0) is 21.0. The Morgan fingerprint density at radius 2 is 1.59 bits per heavy atom. The van der Waals surface area contributed by atoms with Gasteiger partial charge in [-0.1, -0.05) is 0 Å². The normalized spacial score (nSPS) is 15.1. The van der Waals surface area contributed by atoms with Crippen molar-refractivity contribution in [1.29, 1.82) is 0 Å². The highest BCUT2D eigenvalue weighted by molar-refractivity contribution is 7.89. The van der Waals surface area contributed by atoms with E-state index in [1.807, 2.05) is 4.90 Å². The van der Waals surface area contributed by atoms with Crippen LogP contribution in [0.5, 0.6) is 23.4 Å². The van der Waals surface area contributed by atoms with Gasteiger partial charge in [-0.05, 0) is 12.1 Å². The zero-order valence-electron chi connectivity index (χ0n) is 16.8. The molecular weight excluding hydrogens is 400 g/mol. The summed E-state index contributed by atoms with van der Waals surface area (Å²) in [6.45, 7) is 1.48. The topological polar surface area (TPSA) is 103 Å². The summed E-state index contributed by atoms with van der Waals surface area (Å²) < 4.78 is 48.5. The molecule has 29 heavy (non-hydrogen) atoms. The van der Waals surface area contributed by atoms with Gasteiger partial charge < -0.3 is 23.8 Å². The summed E-state index contributed by atoms with van der Waals surface area (Å²) in [4.78, 5) is 10.4. The van der Waals surface area contributed by atoms with Gasteiger partial charge in [0, 0.05) is 38.3 Å². The maximum atomic E-state index is 13.2. The molecular formula is C18H24N4O6S. The van der Waals surface area contributed by atoms with Gasteiger partial charge in [-0.25, -0.2) is 8.42 Å². The van der Waals surface area contributed by atoms with Crippen LogP contribution in [0.2, 0.25) is 0 Å². The van der Waals surface area contributed by atoms with Crippen molar-refractivity contribution in [2.45, 2.75) is 4.90 Å². The fraction of sp³-hybridized carbons (Fsp3) is 0.444. The molecule has 0 unspecified atom stereocenters. The van der Waals surface area contributed by atoms with E-state index in [4.69, 9.17) is 18.9 Å². The van der Waals surface area contributed by atoms with E-state index in [1.165, 1.54) is 38.8 Å². The number of piperazine rings is 1. The van der Waals surface area contributed by atoms with Crippen molar-refractivity contribution in [2.75, 3.05) is 59.5 Å². The number of hydrogen-bond donors (Lipinski definition) is 0. The molecule has 0 radical (unpaired) electrons. The number of nitrogens with zero attached hydrogens (tertiary/aromatic N) is 4. The Bertz CT molecular complexity index is 939. The highest BCUT2D eigenvalue weighted by Gasteiger charge is 2.32. The van der Waals surface area contributed by atoms with Crippen LogP contribution in [-0.2, 0) is 10.0 Å². The molecule has 0 bridgehead atoms. The first kappa shape index (κ1) is 20.9. The van der Waals surface area contributed by atoms with Gasteiger partial charge in [0.15, 0.2) is 0 Å². The van der Waals surface area contributed by atoms with Gasteiger partial charge in [-0.3, -0.25) is 0 Å².